The van der Waals surface area contributed by atoms with E-state index in [1.54, 1.807) is 0 Å². The quantitative estimate of drug-likeness (QED) is 0.927. The average molecular weight is 295 g/mol. The first-order chi connectivity index (χ1) is 8.17. The molecule has 0 saturated carbocycles. The number of benzene rings is 1. The number of hydrogen-bond donors (Lipinski definition) is 1. The molecule has 3 nitrogen and oxygen atoms in total. The average Bonchev–Trinajstić information content (AvgIpc) is 2.67. The second-order valence-corrected chi connectivity index (χ2v) is 4.77. The maximum atomic E-state index is 11.9. The van der Waals surface area contributed by atoms with E-state index in [4.69, 9.17) is 0 Å². The number of fused-ring (bicyclic) bond motifs is 1. The Bertz CT molecular complexity index is 560. The molecule has 2 aromatic rings. The van der Waals surface area contributed by atoms with Crippen LogP contribution in [0.5, 0.6) is 0 Å². The van der Waals surface area contributed by atoms with E-state index in [2.05, 4.69) is 32.7 Å². The minimum Gasteiger partial charge on any atom is -0.352 e. The Labute approximate surface area is 109 Å². The van der Waals surface area contributed by atoms with Crippen LogP contribution in [0.4, 0.5) is 0 Å². The number of hydrogen-bond acceptors (Lipinski definition) is 1. The molecule has 1 heterocycles. The van der Waals surface area contributed by atoms with Crippen LogP contribution in [0.15, 0.2) is 28.9 Å². The van der Waals surface area contributed by atoms with Gasteiger partial charge >= 0.3 is 0 Å². The summed E-state index contributed by atoms with van der Waals surface area (Å²) in [5.41, 5.74) is 1.83. The first kappa shape index (κ1) is 12.2. The van der Waals surface area contributed by atoms with Gasteiger partial charge in [0.05, 0.1) is 5.56 Å². The van der Waals surface area contributed by atoms with Gasteiger partial charge < -0.3 is 9.88 Å². The van der Waals surface area contributed by atoms with Crippen molar-refractivity contribution in [1.29, 1.82) is 0 Å². The Hall–Kier alpha value is -1.29. The number of halogens is 1. The molecule has 1 N–H and O–H groups in total. The molecule has 0 aliphatic heterocycles. The van der Waals surface area contributed by atoms with Gasteiger partial charge in [0.1, 0.15) is 0 Å². The molecule has 1 amide bonds. The van der Waals surface area contributed by atoms with Gasteiger partial charge in [-0.3, -0.25) is 4.79 Å². The Morgan fingerprint density at radius 1 is 1.41 bits per heavy atom. The van der Waals surface area contributed by atoms with Gasteiger partial charge in [-0.1, -0.05) is 22.0 Å². The van der Waals surface area contributed by atoms with Crippen molar-refractivity contribution >= 4 is 32.7 Å². The Morgan fingerprint density at radius 2 is 2.18 bits per heavy atom. The van der Waals surface area contributed by atoms with E-state index in [9.17, 15) is 4.79 Å². The van der Waals surface area contributed by atoms with Crippen molar-refractivity contribution in [2.24, 2.45) is 0 Å². The summed E-state index contributed by atoms with van der Waals surface area (Å²) < 4.78 is 3.12. The van der Waals surface area contributed by atoms with E-state index < -0.39 is 0 Å². The fourth-order valence-electron chi connectivity index (χ4n) is 1.96. The lowest BCUT2D eigenvalue weighted by Crippen LogP contribution is -2.22. The topological polar surface area (TPSA) is 34.0 Å². The van der Waals surface area contributed by atoms with Gasteiger partial charge in [0, 0.05) is 34.7 Å². The molecule has 4 heteroatoms. The number of nitrogens with zero attached hydrogens (tertiary/aromatic N) is 1. The van der Waals surface area contributed by atoms with Crippen LogP contribution >= 0.6 is 15.9 Å². The summed E-state index contributed by atoms with van der Waals surface area (Å²) in [6.07, 6.45) is 1.92. The summed E-state index contributed by atoms with van der Waals surface area (Å²) >= 11 is 3.46. The minimum absolute atomic E-state index is 0.00739. The van der Waals surface area contributed by atoms with Gasteiger partial charge in [-0.05, 0) is 26.0 Å². The summed E-state index contributed by atoms with van der Waals surface area (Å²) in [5, 5.41) is 3.84. The van der Waals surface area contributed by atoms with Crippen LogP contribution in [0.25, 0.3) is 10.9 Å². The highest BCUT2D eigenvalue weighted by Gasteiger charge is 2.13. The van der Waals surface area contributed by atoms with E-state index in [0.29, 0.717) is 6.54 Å². The molecule has 0 radical (unpaired) electrons. The first-order valence-corrected chi connectivity index (χ1v) is 6.53. The van der Waals surface area contributed by atoms with Crippen LogP contribution < -0.4 is 5.32 Å². The third-order valence-electron chi connectivity index (χ3n) is 2.77. The Balaban J connectivity index is 2.61. The standard InChI is InChI=1S/C13H15BrN2O/c1-3-15-13(17)11-8-16(4-2)12-7-9(14)5-6-10(11)12/h5-8H,3-4H2,1-2H3,(H,15,17). The number of nitrogens with one attached hydrogen (secondary N) is 1. The minimum atomic E-state index is -0.00739. The highest BCUT2D eigenvalue weighted by Crippen LogP contribution is 2.25. The normalized spacial score (nSPS) is 10.8. The molecule has 17 heavy (non-hydrogen) atoms. The predicted octanol–water partition coefficient (Wildman–Crippen LogP) is 3.17. The number of rotatable bonds is 3. The molecule has 0 unspecified atom stereocenters. The fourth-order valence-corrected chi connectivity index (χ4v) is 2.31. The van der Waals surface area contributed by atoms with E-state index in [1.807, 2.05) is 31.3 Å². The van der Waals surface area contributed by atoms with Crippen LogP contribution in [0.1, 0.15) is 24.2 Å². The van der Waals surface area contributed by atoms with Crippen molar-refractivity contribution < 1.29 is 4.79 Å². The third-order valence-corrected chi connectivity index (χ3v) is 3.26. The molecule has 0 aliphatic rings. The molecule has 0 atom stereocenters. The lowest BCUT2D eigenvalue weighted by molar-refractivity contribution is 0.0957. The van der Waals surface area contributed by atoms with Crippen molar-refractivity contribution in [2.75, 3.05) is 6.54 Å². The van der Waals surface area contributed by atoms with Gasteiger partial charge in [0.25, 0.3) is 5.91 Å². The molecule has 2 rings (SSSR count). The van der Waals surface area contributed by atoms with Crippen LogP contribution in [0.2, 0.25) is 0 Å². The van der Waals surface area contributed by atoms with Gasteiger partial charge in [0.2, 0.25) is 0 Å². The molecule has 1 aromatic heterocycles. The van der Waals surface area contributed by atoms with E-state index in [-0.39, 0.29) is 5.91 Å². The molecular formula is C13H15BrN2O. The van der Waals surface area contributed by atoms with Crippen LogP contribution in [-0.2, 0) is 6.54 Å². The summed E-state index contributed by atoms with van der Waals surface area (Å²) in [4.78, 5) is 11.9. The Kier molecular flexibility index (Phi) is 3.52. The summed E-state index contributed by atoms with van der Waals surface area (Å²) in [5.74, 6) is -0.00739. The monoisotopic (exact) mass is 294 g/mol. The zero-order valence-electron chi connectivity index (χ0n) is 9.96. The largest absolute Gasteiger partial charge is 0.352 e. The van der Waals surface area contributed by atoms with Gasteiger partial charge in [0.15, 0.2) is 0 Å². The highest BCUT2D eigenvalue weighted by molar-refractivity contribution is 9.10. The zero-order chi connectivity index (χ0) is 12.4. The number of amides is 1. The third kappa shape index (κ3) is 2.22. The van der Waals surface area contributed by atoms with E-state index >= 15 is 0 Å². The molecular weight excluding hydrogens is 280 g/mol. The Morgan fingerprint density at radius 3 is 2.82 bits per heavy atom. The molecule has 0 saturated heterocycles. The van der Waals surface area contributed by atoms with Crippen molar-refractivity contribution in [3.8, 4) is 0 Å². The second kappa shape index (κ2) is 4.92. The zero-order valence-corrected chi connectivity index (χ0v) is 11.5. The van der Waals surface area contributed by atoms with Crippen LogP contribution in [0.3, 0.4) is 0 Å². The number of aromatic nitrogens is 1. The lowest BCUT2D eigenvalue weighted by atomic mass is 10.1. The summed E-state index contributed by atoms with van der Waals surface area (Å²) in [6.45, 7) is 5.50. The maximum Gasteiger partial charge on any atom is 0.253 e. The maximum absolute atomic E-state index is 11.9. The van der Waals surface area contributed by atoms with Crippen molar-refractivity contribution in [1.82, 2.24) is 9.88 Å². The molecule has 0 aliphatic carbocycles. The molecule has 0 bridgehead atoms. The van der Waals surface area contributed by atoms with Crippen molar-refractivity contribution in [2.45, 2.75) is 20.4 Å². The van der Waals surface area contributed by atoms with Gasteiger partial charge in [-0.2, -0.15) is 0 Å². The smallest absolute Gasteiger partial charge is 0.253 e. The van der Waals surface area contributed by atoms with E-state index in [1.165, 1.54) is 0 Å². The summed E-state index contributed by atoms with van der Waals surface area (Å²) in [6, 6.07) is 5.99. The lowest BCUT2D eigenvalue weighted by Gasteiger charge is -2.00. The van der Waals surface area contributed by atoms with Crippen molar-refractivity contribution in [3.05, 3.63) is 34.4 Å². The van der Waals surface area contributed by atoms with Gasteiger partial charge in [-0.25, -0.2) is 0 Å². The number of carbonyl (C=O) groups is 1. The number of aryl methyl sites for hydroxylation is 1. The molecule has 90 valence electrons. The molecule has 1 aromatic carbocycles. The first-order valence-electron chi connectivity index (χ1n) is 5.74. The van der Waals surface area contributed by atoms with Crippen LogP contribution in [0, 0.1) is 0 Å². The molecule has 0 fully saturated rings. The molecule has 0 spiro atoms. The van der Waals surface area contributed by atoms with E-state index in [0.717, 1.165) is 27.5 Å². The predicted molar refractivity (Wildman–Crippen MR) is 73.3 cm³/mol. The highest BCUT2D eigenvalue weighted by atomic mass is 79.9. The van der Waals surface area contributed by atoms with Crippen molar-refractivity contribution in [3.63, 3.8) is 0 Å². The van der Waals surface area contributed by atoms with Gasteiger partial charge in [-0.15, -0.1) is 0 Å². The SMILES string of the molecule is CCNC(=O)c1cn(CC)c2cc(Br)ccc12. The fraction of sp³-hybridized carbons (Fsp3) is 0.308. The summed E-state index contributed by atoms with van der Waals surface area (Å²) in [7, 11) is 0. The second-order valence-electron chi connectivity index (χ2n) is 3.85. The number of carbonyl (C=O) groups excluding carboxylic acids is 1. The van der Waals surface area contributed by atoms with Crippen LogP contribution in [-0.4, -0.2) is 17.0 Å².